The van der Waals surface area contributed by atoms with E-state index in [9.17, 15) is 38.3 Å². The molecule has 0 aliphatic carbocycles. The summed E-state index contributed by atoms with van der Waals surface area (Å²) in [6.45, 7) is 4.08. The molecule has 1 unspecified atom stereocenters. The molecule has 18 heteroatoms. The Morgan fingerprint density at radius 1 is 1.05 bits per heavy atom. The summed E-state index contributed by atoms with van der Waals surface area (Å²) in [6.07, 6.45) is 2.79. The molecule has 2 heterocycles. The van der Waals surface area contributed by atoms with Crippen molar-refractivity contribution in [2.75, 3.05) is 38.5 Å². The average Bonchev–Trinajstić information content (AvgIpc) is 3.68. The predicted molar refractivity (Wildman–Crippen MR) is 208 cm³/mol. The van der Waals surface area contributed by atoms with Crippen LogP contribution in [0, 0.1) is 17.0 Å². The van der Waals surface area contributed by atoms with Crippen LogP contribution in [0.15, 0.2) is 72.6 Å². The summed E-state index contributed by atoms with van der Waals surface area (Å²) in [5, 5.41) is 23.2. The molecule has 0 bridgehead atoms. The minimum atomic E-state index is -1.24. The summed E-state index contributed by atoms with van der Waals surface area (Å²) in [4.78, 5) is 76.9. The van der Waals surface area contributed by atoms with Crippen LogP contribution in [0.2, 0.25) is 0 Å². The second-order valence-corrected chi connectivity index (χ2v) is 15.7. The van der Waals surface area contributed by atoms with Gasteiger partial charge in [0, 0.05) is 61.4 Å². The summed E-state index contributed by atoms with van der Waals surface area (Å²) < 4.78 is 31.2. The summed E-state index contributed by atoms with van der Waals surface area (Å²) >= 11 is 0.929. The van der Waals surface area contributed by atoms with Crippen molar-refractivity contribution in [3.63, 3.8) is 0 Å². The number of aliphatic hydroxyl groups excluding tert-OH is 1. The number of nitrogens with zero attached hydrogens (tertiary/aromatic N) is 3. The van der Waals surface area contributed by atoms with Gasteiger partial charge in [0.2, 0.25) is 23.6 Å². The first-order valence-corrected chi connectivity index (χ1v) is 19.0. The number of nitrogens with one attached hydrogen (secondary N) is 2. The number of hydrogen-bond donors (Lipinski definition) is 6. The molecule has 1 aliphatic heterocycles. The fourth-order valence-electron chi connectivity index (χ4n) is 6.26. The maximum absolute atomic E-state index is 15.0. The van der Waals surface area contributed by atoms with Crippen molar-refractivity contribution in [3.05, 3.63) is 95.5 Å². The molecule has 0 spiro atoms. The van der Waals surface area contributed by atoms with E-state index in [1.807, 2.05) is 55.7 Å². The standard InChI is InChI=1S/C39H47F2N7O8S/c1-39(2,3)35(30-15-24(26-16-25(40)9-10-27(26)41)19-46(30)18-23-7-5-4-6-8-23)47(34(52)21-49)14-11-28(42)36(53)45-13-12-44-32(50)20-48-33(51)17-31(37(48)54)57-22-29(43)38(55)56/h4-11,15-16,19,29,31,35,49H,12-14,17-18,20-22,42-43H2,1-3H3,(H,44,50)(H,45,53)(H,55,56)/b28-11+/t29-,31?,35-/m0/s1. The van der Waals surface area contributed by atoms with E-state index in [1.165, 1.54) is 11.0 Å². The summed E-state index contributed by atoms with van der Waals surface area (Å²) in [6, 6.07) is 12.2. The van der Waals surface area contributed by atoms with Crippen molar-refractivity contribution >= 4 is 47.3 Å². The molecular formula is C39H47F2N7O8S. The molecule has 3 atom stereocenters. The number of nitrogens with two attached hydrogens (primary N) is 2. The Hall–Kier alpha value is -5.59. The van der Waals surface area contributed by atoms with Crippen molar-refractivity contribution in [1.29, 1.82) is 0 Å². The molecular weight excluding hydrogens is 765 g/mol. The van der Waals surface area contributed by atoms with E-state index >= 15 is 4.39 Å². The van der Waals surface area contributed by atoms with Gasteiger partial charge in [-0.05, 0) is 41.3 Å². The van der Waals surface area contributed by atoms with E-state index in [1.54, 1.807) is 12.3 Å². The van der Waals surface area contributed by atoms with Crippen LogP contribution in [-0.2, 0) is 35.3 Å². The number of thioether (sulfide) groups is 1. The van der Waals surface area contributed by atoms with Crippen LogP contribution in [-0.4, -0.2) is 110 Å². The molecule has 8 N–H and O–H groups in total. The first kappa shape index (κ1) is 44.1. The molecule has 3 aromatic rings. The second kappa shape index (κ2) is 19.5. The van der Waals surface area contributed by atoms with Gasteiger partial charge in [-0.3, -0.25) is 33.7 Å². The number of halogens is 2. The molecule has 306 valence electrons. The highest BCUT2D eigenvalue weighted by Gasteiger charge is 2.40. The van der Waals surface area contributed by atoms with Crippen molar-refractivity contribution < 1.29 is 47.8 Å². The molecule has 2 aromatic carbocycles. The number of hydrogen-bond acceptors (Lipinski definition) is 10. The van der Waals surface area contributed by atoms with E-state index < -0.39 is 83.0 Å². The quantitative estimate of drug-likeness (QED) is 0.0616. The zero-order chi connectivity index (χ0) is 42.0. The van der Waals surface area contributed by atoms with Gasteiger partial charge < -0.3 is 41.8 Å². The summed E-state index contributed by atoms with van der Waals surface area (Å²) in [5.74, 6) is -5.90. The first-order valence-electron chi connectivity index (χ1n) is 18.0. The van der Waals surface area contributed by atoms with Gasteiger partial charge in [0.25, 0.3) is 5.91 Å². The van der Waals surface area contributed by atoms with E-state index in [0.29, 0.717) is 17.8 Å². The number of carbonyl (C=O) groups is 6. The van der Waals surface area contributed by atoms with E-state index in [0.717, 1.165) is 40.4 Å². The number of rotatable bonds is 18. The molecule has 0 radical (unpaired) electrons. The first-order chi connectivity index (χ1) is 26.9. The van der Waals surface area contributed by atoms with Crippen LogP contribution < -0.4 is 22.1 Å². The highest BCUT2D eigenvalue weighted by molar-refractivity contribution is 8.00. The smallest absolute Gasteiger partial charge is 0.321 e. The fourth-order valence-corrected chi connectivity index (χ4v) is 7.38. The normalized spacial score (nSPS) is 15.7. The number of benzene rings is 2. The third-order valence-electron chi connectivity index (χ3n) is 9.03. The Morgan fingerprint density at radius 2 is 1.74 bits per heavy atom. The Morgan fingerprint density at radius 3 is 2.39 bits per heavy atom. The molecule has 4 rings (SSSR count). The van der Waals surface area contributed by atoms with Crippen molar-refractivity contribution in [1.82, 2.24) is 25.0 Å². The number of aliphatic hydroxyl groups is 1. The van der Waals surface area contributed by atoms with E-state index in [-0.39, 0.29) is 43.1 Å². The minimum Gasteiger partial charge on any atom is -0.480 e. The number of aromatic nitrogens is 1. The third-order valence-corrected chi connectivity index (χ3v) is 10.4. The molecule has 0 saturated carbocycles. The highest BCUT2D eigenvalue weighted by Crippen LogP contribution is 2.41. The maximum Gasteiger partial charge on any atom is 0.321 e. The van der Waals surface area contributed by atoms with Crippen LogP contribution in [0.5, 0.6) is 0 Å². The van der Waals surface area contributed by atoms with Crippen LogP contribution >= 0.6 is 11.8 Å². The zero-order valence-electron chi connectivity index (χ0n) is 31.7. The lowest BCUT2D eigenvalue weighted by Crippen LogP contribution is -2.44. The van der Waals surface area contributed by atoms with Crippen molar-refractivity contribution in [2.45, 2.75) is 51.1 Å². The third kappa shape index (κ3) is 11.7. The van der Waals surface area contributed by atoms with Crippen molar-refractivity contribution in [2.24, 2.45) is 16.9 Å². The Labute approximate surface area is 332 Å². The maximum atomic E-state index is 15.0. The molecule has 15 nitrogen and oxygen atoms in total. The van der Waals surface area contributed by atoms with Crippen LogP contribution in [0.25, 0.3) is 11.1 Å². The number of carboxylic acid groups (broad SMARTS) is 1. The lowest BCUT2D eigenvalue weighted by Gasteiger charge is -2.40. The van der Waals surface area contributed by atoms with Crippen LogP contribution in [0.4, 0.5) is 8.78 Å². The number of imide groups is 1. The van der Waals surface area contributed by atoms with Crippen molar-refractivity contribution in [3.8, 4) is 11.1 Å². The van der Waals surface area contributed by atoms with Gasteiger partial charge in [-0.25, -0.2) is 8.78 Å². The largest absolute Gasteiger partial charge is 0.480 e. The molecule has 1 fully saturated rings. The number of carboxylic acids is 1. The summed E-state index contributed by atoms with van der Waals surface area (Å²) in [5.41, 5.74) is 12.4. The molecule has 57 heavy (non-hydrogen) atoms. The fraction of sp³-hybridized carbons (Fsp3) is 0.385. The molecule has 5 amide bonds. The molecule has 1 aliphatic rings. The Balaban J connectivity index is 1.44. The SMILES string of the molecule is CC(C)(C)[C@H](c1cc(-c2cc(F)ccc2F)cn1Cc1ccccc1)N(C/C=C(/N)C(=O)NCCNC(=O)CN1C(=O)CC(SC[C@H](N)C(=O)O)C1=O)C(=O)CO. The van der Waals surface area contributed by atoms with E-state index in [2.05, 4.69) is 10.6 Å². The Bertz CT molecular complexity index is 2000. The molecule has 1 saturated heterocycles. The zero-order valence-corrected chi connectivity index (χ0v) is 32.6. The number of aliphatic carboxylic acids is 1. The highest BCUT2D eigenvalue weighted by atomic mass is 32.2. The second-order valence-electron chi connectivity index (χ2n) is 14.4. The Kier molecular flexibility index (Phi) is 15.1. The summed E-state index contributed by atoms with van der Waals surface area (Å²) in [7, 11) is 0. The number of likely N-dealkylation sites (tertiary alicyclic amines) is 1. The predicted octanol–water partition coefficient (Wildman–Crippen LogP) is 1.74. The number of amides is 5. The van der Waals surface area contributed by atoms with Gasteiger partial charge in [0.05, 0.1) is 17.0 Å². The van der Waals surface area contributed by atoms with Gasteiger partial charge >= 0.3 is 5.97 Å². The van der Waals surface area contributed by atoms with Gasteiger partial charge in [-0.15, -0.1) is 11.8 Å². The van der Waals surface area contributed by atoms with E-state index in [4.69, 9.17) is 16.6 Å². The van der Waals surface area contributed by atoms with Gasteiger partial charge in [0.15, 0.2) is 0 Å². The topological polar surface area (TPSA) is 230 Å². The van der Waals surface area contributed by atoms with Gasteiger partial charge in [-0.2, -0.15) is 0 Å². The monoisotopic (exact) mass is 811 g/mol. The van der Waals surface area contributed by atoms with Gasteiger partial charge in [0.1, 0.15) is 30.8 Å². The van der Waals surface area contributed by atoms with Crippen LogP contribution in [0.3, 0.4) is 0 Å². The van der Waals surface area contributed by atoms with Crippen LogP contribution in [0.1, 0.15) is 44.5 Å². The average molecular weight is 812 g/mol. The minimum absolute atomic E-state index is 0.0223. The lowest BCUT2D eigenvalue weighted by atomic mass is 9.83. The van der Waals surface area contributed by atoms with Gasteiger partial charge in [-0.1, -0.05) is 51.1 Å². The molecule has 1 aromatic heterocycles. The number of carbonyl (C=O) groups excluding carboxylic acids is 5. The lowest BCUT2D eigenvalue weighted by molar-refractivity contribution is -0.142.